The van der Waals surface area contributed by atoms with Gasteiger partial charge < -0.3 is 25.4 Å². The third kappa shape index (κ3) is 14.4. The molecule has 6 atom stereocenters. The predicted octanol–water partition coefficient (Wildman–Crippen LogP) is 8.77. The lowest BCUT2D eigenvalue weighted by Crippen LogP contribution is -2.44. The van der Waals surface area contributed by atoms with E-state index in [1.807, 2.05) is 31.2 Å². The Kier molecular flexibility index (Phi) is 20.6. The zero-order chi connectivity index (χ0) is 39.8. The summed E-state index contributed by atoms with van der Waals surface area (Å²) in [6, 6.07) is 7.54. The molecule has 0 heterocycles. The second kappa shape index (κ2) is 22.9. The van der Waals surface area contributed by atoms with Crippen molar-refractivity contribution in [3.05, 3.63) is 24.3 Å². The smallest absolute Gasteiger partial charge is 0.325 e. The van der Waals surface area contributed by atoms with E-state index in [1.54, 1.807) is 21.1 Å². The van der Waals surface area contributed by atoms with Crippen molar-refractivity contribution in [3.8, 4) is 5.75 Å². The van der Waals surface area contributed by atoms with Crippen LogP contribution in [0.25, 0.3) is 0 Å². The second-order valence-corrected chi connectivity index (χ2v) is 16.8. The lowest BCUT2D eigenvalue weighted by Gasteiger charge is -2.36. The molecule has 0 radical (unpaired) electrons. The molecule has 6 unspecified atom stereocenters. The number of hydrogen-bond acceptors (Lipinski definition) is 6. The van der Waals surface area contributed by atoms with Gasteiger partial charge in [-0.3, -0.25) is 19.2 Å². The van der Waals surface area contributed by atoms with Gasteiger partial charge >= 0.3 is 5.97 Å². The van der Waals surface area contributed by atoms with Gasteiger partial charge in [-0.05, 0) is 104 Å². The molecule has 3 N–H and O–H groups in total. The number of methoxy groups -OCH3 is 1. The van der Waals surface area contributed by atoms with E-state index in [2.05, 4.69) is 85.2 Å². The SMILES string of the molecule is CCOC(=O)CNC(=O)C1CC(C)CCC1C(C)C.CNC(=O)C(C)(C(C)C)C(C)C.COc1ccc(NC(=O)C2CC(C)CCC2C(C)C)cc1. The van der Waals surface area contributed by atoms with E-state index < -0.39 is 0 Å². The Balaban J connectivity index is 0.000000406. The zero-order valence-electron chi connectivity index (χ0n) is 35.2. The Labute approximate surface area is 316 Å². The highest BCUT2D eigenvalue weighted by Crippen LogP contribution is 2.40. The quantitative estimate of drug-likeness (QED) is 0.185. The summed E-state index contributed by atoms with van der Waals surface area (Å²) in [5.41, 5.74) is 0.607. The molecule has 9 heteroatoms. The normalized spacial score (nSPS) is 23.1. The van der Waals surface area contributed by atoms with Gasteiger partial charge in [0.15, 0.2) is 0 Å². The van der Waals surface area contributed by atoms with E-state index in [1.165, 1.54) is 19.3 Å². The Morgan fingerprint density at radius 2 is 1.23 bits per heavy atom. The predicted molar refractivity (Wildman–Crippen MR) is 213 cm³/mol. The number of nitrogens with one attached hydrogen (secondary N) is 3. The first kappa shape index (κ1) is 46.9. The summed E-state index contributed by atoms with van der Waals surface area (Å²) in [6.07, 6.45) is 6.65. The Bertz CT molecular complexity index is 1220. The molecular formula is C43H75N3O6. The molecular weight excluding hydrogens is 654 g/mol. The van der Waals surface area contributed by atoms with Crippen LogP contribution in [0.3, 0.4) is 0 Å². The number of carbonyl (C=O) groups excluding carboxylic acids is 4. The van der Waals surface area contributed by atoms with E-state index >= 15 is 0 Å². The largest absolute Gasteiger partial charge is 0.497 e. The fraction of sp³-hybridized carbons (Fsp3) is 0.767. The van der Waals surface area contributed by atoms with E-state index in [0.717, 1.165) is 30.7 Å². The van der Waals surface area contributed by atoms with Gasteiger partial charge in [-0.15, -0.1) is 0 Å². The van der Waals surface area contributed by atoms with Crippen molar-refractivity contribution in [2.45, 2.75) is 122 Å². The Hall–Kier alpha value is -3.10. The molecule has 3 rings (SSSR count). The third-order valence-corrected chi connectivity index (χ3v) is 11.9. The van der Waals surface area contributed by atoms with Crippen molar-refractivity contribution < 1.29 is 28.7 Å². The maximum absolute atomic E-state index is 12.6. The minimum Gasteiger partial charge on any atom is -0.497 e. The van der Waals surface area contributed by atoms with Crippen LogP contribution in [0, 0.1) is 64.6 Å². The fourth-order valence-corrected chi connectivity index (χ4v) is 7.88. The summed E-state index contributed by atoms with van der Waals surface area (Å²) in [5, 5.41) is 8.53. The molecule has 2 aliphatic rings. The average molecular weight is 730 g/mol. The lowest BCUT2D eigenvalue weighted by molar-refractivity contribution is -0.144. The number of benzene rings is 1. The first-order chi connectivity index (χ1) is 24.3. The maximum atomic E-state index is 12.6. The van der Waals surface area contributed by atoms with E-state index in [0.29, 0.717) is 54.0 Å². The van der Waals surface area contributed by atoms with Gasteiger partial charge in [-0.1, -0.05) is 89.0 Å². The van der Waals surface area contributed by atoms with Crippen molar-refractivity contribution in [2.75, 3.05) is 32.6 Å². The molecule has 52 heavy (non-hydrogen) atoms. The van der Waals surface area contributed by atoms with Crippen molar-refractivity contribution >= 4 is 29.4 Å². The Morgan fingerprint density at radius 1 is 0.769 bits per heavy atom. The summed E-state index contributed by atoms with van der Waals surface area (Å²) >= 11 is 0. The van der Waals surface area contributed by atoms with Crippen LogP contribution in [-0.4, -0.2) is 51.0 Å². The molecule has 2 aliphatic carbocycles. The van der Waals surface area contributed by atoms with E-state index in [-0.39, 0.29) is 47.5 Å². The van der Waals surface area contributed by atoms with Gasteiger partial charge in [0.25, 0.3) is 0 Å². The Morgan fingerprint density at radius 3 is 1.60 bits per heavy atom. The minimum atomic E-state index is -0.360. The molecule has 0 spiro atoms. The molecule has 2 saturated carbocycles. The fourth-order valence-electron chi connectivity index (χ4n) is 7.88. The monoisotopic (exact) mass is 730 g/mol. The average Bonchev–Trinajstić information content (AvgIpc) is 3.10. The molecule has 298 valence electrons. The highest BCUT2D eigenvalue weighted by Gasteiger charge is 2.39. The molecule has 0 bridgehead atoms. The van der Waals surface area contributed by atoms with Gasteiger partial charge in [-0.2, -0.15) is 0 Å². The van der Waals surface area contributed by atoms with Crippen LogP contribution in [-0.2, 0) is 23.9 Å². The molecule has 1 aromatic rings. The van der Waals surface area contributed by atoms with Crippen molar-refractivity contribution in [3.63, 3.8) is 0 Å². The van der Waals surface area contributed by atoms with Crippen LogP contribution in [0.5, 0.6) is 5.75 Å². The number of hydrogen-bond donors (Lipinski definition) is 3. The first-order valence-corrected chi connectivity index (χ1v) is 19.9. The van der Waals surface area contributed by atoms with Crippen molar-refractivity contribution in [1.82, 2.24) is 10.6 Å². The molecule has 9 nitrogen and oxygen atoms in total. The maximum Gasteiger partial charge on any atom is 0.325 e. The second-order valence-electron chi connectivity index (χ2n) is 16.8. The van der Waals surface area contributed by atoms with E-state index in [9.17, 15) is 19.2 Å². The van der Waals surface area contributed by atoms with Crippen LogP contribution < -0.4 is 20.7 Å². The number of rotatable bonds is 12. The van der Waals surface area contributed by atoms with Gasteiger partial charge in [0.1, 0.15) is 12.3 Å². The van der Waals surface area contributed by atoms with Crippen LogP contribution >= 0.6 is 0 Å². The molecule has 3 amide bonds. The zero-order valence-corrected chi connectivity index (χ0v) is 35.2. The van der Waals surface area contributed by atoms with Gasteiger partial charge in [0.2, 0.25) is 17.7 Å². The third-order valence-electron chi connectivity index (χ3n) is 11.9. The molecule has 2 fully saturated rings. The lowest BCUT2D eigenvalue weighted by atomic mass is 9.70. The van der Waals surface area contributed by atoms with Crippen LogP contribution in [0.4, 0.5) is 5.69 Å². The summed E-state index contributed by atoms with van der Waals surface area (Å²) < 4.78 is 9.96. The summed E-state index contributed by atoms with van der Waals surface area (Å²) in [4.78, 5) is 47.8. The van der Waals surface area contributed by atoms with Crippen LogP contribution in [0.15, 0.2) is 24.3 Å². The van der Waals surface area contributed by atoms with Crippen LogP contribution in [0.1, 0.15) is 122 Å². The summed E-state index contributed by atoms with van der Waals surface area (Å²) in [7, 11) is 3.34. The van der Waals surface area contributed by atoms with Crippen LogP contribution in [0.2, 0.25) is 0 Å². The molecule has 0 aliphatic heterocycles. The van der Waals surface area contributed by atoms with Crippen molar-refractivity contribution in [1.29, 1.82) is 0 Å². The number of carbonyl (C=O) groups is 4. The molecule has 0 aromatic heterocycles. The van der Waals surface area contributed by atoms with Crippen molar-refractivity contribution in [2.24, 2.45) is 64.6 Å². The number of esters is 1. The molecule has 0 saturated heterocycles. The number of amides is 3. The molecule has 1 aromatic carbocycles. The van der Waals surface area contributed by atoms with Gasteiger partial charge in [0.05, 0.1) is 19.1 Å². The standard InChI is InChI=1S/C18H27NO2.C15H27NO3.C10H21NO/c1-12(2)16-10-5-13(3)11-17(16)18(20)19-14-6-8-15(21-4)9-7-14;1-5-19-14(17)9-16-15(18)13-8-11(4)6-7-12(13)10(2)3;1-7(2)10(5,8(3)4)9(12)11-6/h6-9,12-13,16-17H,5,10-11H2,1-4H3,(H,19,20);10-13H,5-9H2,1-4H3,(H,16,18);7-8H,1-6H3,(H,11,12). The van der Waals surface area contributed by atoms with Gasteiger partial charge in [-0.25, -0.2) is 0 Å². The van der Waals surface area contributed by atoms with Gasteiger partial charge in [0, 0.05) is 24.6 Å². The number of ether oxygens (including phenoxy) is 2. The highest BCUT2D eigenvalue weighted by atomic mass is 16.5. The van der Waals surface area contributed by atoms with E-state index in [4.69, 9.17) is 9.47 Å². The minimum absolute atomic E-state index is 0.0115. The highest BCUT2D eigenvalue weighted by molar-refractivity contribution is 5.93. The summed E-state index contributed by atoms with van der Waals surface area (Å²) in [6.45, 7) is 25.8. The first-order valence-electron chi connectivity index (χ1n) is 19.9. The number of anilines is 1. The summed E-state index contributed by atoms with van der Waals surface area (Å²) in [5.74, 6) is 4.92. The topological polar surface area (TPSA) is 123 Å².